The van der Waals surface area contributed by atoms with Gasteiger partial charge in [-0.25, -0.2) is 14.6 Å². The highest BCUT2D eigenvalue weighted by molar-refractivity contribution is 7.99. The molecule has 0 bridgehead atoms. The molecule has 0 aromatic carbocycles. The molecule has 23 heavy (non-hydrogen) atoms. The average molecular weight is 333 g/mol. The standard InChI is InChI=1S/C15H23N7S/c1-2-23-15-17-8-12(9-18-15)10-21-5-3-14(4-6-21)22-11-13(7-16)19-20-22/h8-9,11,14H,2-7,10,16H2,1H3. The summed E-state index contributed by atoms with van der Waals surface area (Å²) in [5, 5.41) is 9.13. The van der Waals surface area contributed by atoms with E-state index in [1.54, 1.807) is 11.8 Å². The molecular weight excluding hydrogens is 310 g/mol. The fourth-order valence-electron chi connectivity index (χ4n) is 2.81. The first-order chi connectivity index (χ1) is 11.3. The van der Waals surface area contributed by atoms with Crippen LogP contribution in [0.5, 0.6) is 0 Å². The molecule has 0 radical (unpaired) electrons. The molecule has 2 aromatic rings. The number of aromatic nitrogens is 5. The molecule has 124 valence electrons. The molecule has 8 heteroatoms. The lowest BCUT2D eigenvalue weighted by atomic mass is 10.0. The van der Waals surface area contributed by atoms with Crippen LogP contribution in [0.1, 0.15) is 37.1 Å². The maximum atomic E-state index is 5.59. The van der Waals surface area contributed by atoms with Crippen molar-refractivity contribution in [1.29, 1.82) is 0 Å². The summed E-state index contributed by atoms with van der Waals surface area (Å²) in [4.78, 5) is 11.2. The quantitative estimate of drug-likeness (QED) is 0.633. The van der Waals surface area contributed by atoms with Crippen LogP contribution in [0, 0.1) is 0 Å². The van der Waals surface area contributed by atoms with Gasteiger partial charge in [-0.2, -0.15) is 0 Å². The second-order valence-corrected chi connectivity index (χ2v) is 6.94. The van der Waals surface area contributed by atoms with E-state index in [1.807, 2.05) is 23.3 Å². The van der Waals surface area contributed by atoms with Gasteiger partial charge >= 0.3 is 0 Å². The lowest BCUT2D eigenvalue weighted by molar-refractivity contribution is 0.172. The Bertz CT molecular complexity index is 605. The van der Waals surface area contributed by atoms with Crippen molar-refractivity contribution < 1.29 is 0 Å². The number of piperidine rings is 1. The zero-order valence-electron chi connectivity index (χ0n) is 13.4. The highest BCUT2D eigenvalue weighted by atomic mass is 32.2. The van der Waals surface area contributed by atoms with Crippen molar-refractivity contribution in [2.45, 2.75) is 44.1 Å². The smallest absolute Gasteiger partial charge is 0.187 e. The summed E-state index contributed by atoms with van der Waals surface area (Å²) < 4.78 is 1.97. The van der Waals surface area contributed by atoms with Crippen LogP contribution in [0.3, 0.4) is 0 Å². The summed E-state index contributed by atoms with van der Waals surface area (Å²) in [6, 6.07) is 0.429. The van der Waals surface area contributed by atoms with Crippen molar-refractivity contribution >= 4 is 11.8 Å². The van der Waals surface area contributed by atoms with E-state index in [0.717, 1.165) is 49.1 Å². The molecule has 0 atom stereocenters. The van der Waals surface area contributed by atoms with E-state index in [-0.39, 0.29) is 0 Å². The van der Waals surface area contributed by atoms with E-state index in [9.17, 15) is 0 Å². The average Bonchev–Trinajstić information content (AvgIpc) is 3.07. The zero-order chi connectivity index (χ0) is 16.1. The van der Waals surface area contributed by atoms with Gasteiger partial charge in [0.25, 0.3) is 0 Å². The van der Waals surface area contributed by atoms with E-state index in [4.69, 9.17) is 5.73 Å². The van der Waals surface area contributed by atoms with Gasteiger partial charge < -0.3 is 5.73 Å². The van der Waals surface area contributed by atoms with Gasteiger partial charge in [0.15, 0.2) is 5.16 Å². The molecule has 2 N–H and O–H groups in total. The number of hydrogen-bond acceptors (Lipinski definition) is 7. The first kappa shape index (κ1) is 16.4. The van der Waals surface area contributed by atoms with E-state index in [1.165, 1.54) is 5.56 Å². The predicted molar refractivity (Wildman–Crippen MR) is 89.9 cm³/mol. The van der Waals surface area contributed by atoms with Crippen LogP contribution >= 0.6 is 11.8 Å². The zero-order valence-corrected chi connectivity index (χ0v) is 14.2. The lowest BCUT2D eigenvalue weighted by Gasteiger charge is -2.31. The highest BCUT2D eigenvalue weighted by Crippen LogP contribution is 2.23. The molecule has 1 aliphatic rings. The van der Waals surface area contributed by atoms with Crippen LogP contribution in [0.2, 0.25) is 0 Å². The van der Waals surface area contributed by atoms with Crippen LogP contribution in [-0.4, -0.2) is 48.7 Å². The Balaban J connectivity index is 1.50. The van der Waals surface area contributed by atoms with Crippen molar-refractivity contribution in [3.05, 3.63) is 29.8 Å². The SMILES string of the molecule is CCSc1ncc(CN2CCC(n3cc(CN)nn3)CC2)cn1. The molecule has 3 rings (SSSR count). The maximum absolute atomic E-state index is 5.59. The fourth-order valence-corrected chi connectivity index (χ4v) is 3.33. The van der Waals surface area contributed by atoms with Crippen LogP contribution in [-0.2, 0) is 13.1 Å². The third kappa shape index (κ3) is 4.27. The van der Waals surface area contributed by atoms with E-state index >= 15 is 0 Å². The maximum Gasteiger partial charge on any atom is 0.187 e. The number of nitrogens with zero attached hydrogens (tertiary/aromatic N) is 6. The van der Waals surface area contributed by atoms with Crippen LogP contribution in [0.4, 0.5) is 0 Å². The van der Waals surface area contributed by atoms with Crippen LogP contribution < -0.4 is 5.73 Å². The molecule has 1 fully saturated rings. The number of rotatable bonds is 6. The Hall–Kier alpha value is -1.51. The van der Waals surface area contributed by atoms with Gasteiger partial charge in [0.05, 0.1) is 17.9 Å². The summed E-state index contributed by atoms with van der Waals surface area (Å²) in [6.07, 6.45) is 8.03. The van der Waals surface area contributed by atoms with Gasteiger partial charge in [0, 0.05) is 44.1 Å². The number of nitrogens with two attached hydrogens (primary N) is 1. The highest BCUT2D eigenvalue weighted by Gasteiger charge is 2.21. The summed E-state index contributed by atoms with van der Waals surface area (Å²) in [5.41, 5.74) is 7.62. The van der Waals surface area contributed by atoms with Crippen molar-refractivity contribution in [3.63, 3.8) is 0 Å². The largest absolute Gasteiger partial charge is 0.325 e. The molecule has 0 unspecified atom stereocenters. The Morgan fingerprint density at radius 2 is 2.00 bits per heavy atom. The van der Waals surface area contributed by atoms with Crippen molar-refractivity contribution in [2.24, 2.45) is 5.73 Å². The van der Waals surface area contributed by atoms with E-state index in [2.05, 4.69) is 32.1 Å². The minimum atomic E-state index is 0.429. The van der Waals surface area contributed by atoms with Gasteiger partial charge in [-0.05, 0) is 18.6 Å². The fraction of sp³-hybridized carbons (Fsp3) is 0.600. The molecule has 2 aromatic heterocycles. The molecule has 7 nitrogen and oxygen atoms in total. The van der Waals surface area contributed by atoms with Crippen molar-refractivity contribution in [3.8, 4) is 0 Å². The first-order valence-corrected chi connectivity index (χ1v) is 9.04. The third-order valence-electron chi connectivity index (χ3n) is 4.06. The van der Waals surface area contributed by atoms with Gasteiger partial charge in [-0.3, -0.25) is 4.90 Å². The third-order valence-corrected chi connectivity index (χ3v) is 4.82. The first-order valence-electron chi connectivity index (χ1n) is 8.05. The van der Waals surface area contributed by atoms with Gasteiger partial charge in [-0.15, -0.1) is 5.10 Å². The molecular formula is C15H23N7S. The van der Waals surface area contributed by atoms with Crippen molar-refractivity contribution in [2.75, 3.05) is 18.8 Å². The van der Waals surface area contributed by atoms with Crippen LogP contribution in [0.25, 0.3) is 0 Å². The lowest BCUT2D eigenvalue weighted by Crippen LogP contribution is -2.34. The minimum absolute atomic E-state index is 0.429. The molecule has 1 aliphatic heterocycles. The van der Waals surface area contributed by atoms with Gasteiger partial charge in [-0.1, -0.05) is 23.9 Å². The van der Waals surface area contributed by atoms with Gasteiger partial charge in [0.2, 0.25) is 0 Å². The Kier molecular flexibility index (Phi) is 5.58. The Labute approximate surface area is 140 Å². The molecule has 0 spiro atoms. The normalized spacial score (nSPS) is 16.8. The summed E-state index contributed by atoms with van der Waals surface area (Å²) >= 11 is 1.67. The second kappa shape index (κ2) is 7.85. The number of hydrogen-bond donors (Lipinski definition) is 1. The van der Waals surface area contributed by atoms with Crippen LogP contribution in [0.15, 0.2) is 23.7 Å². The molecule has 0 aliphatic carbocycles. The summed E-state index contributed by atoms with van der Waals surface area (Å²) in [6.45, 7) is 5.57. The van der Waals surface area contributed by atoms with E-state index in [0.29, 0.717) is 12.6 Å². The Morgan fingerprint density at radius 3 is 2.61 bits per heavy atom. The summed E-state index contributed by atoms with van der Waals surface area (Å²) in [5.74, 6) is 1.00. The second-order valence-electron chi connectivity index (χ2n) is 5.71. The Morgan fingerprint density at radius 1 is 1.26 bits per heavy atom. The number of thioether (sulfide) groups is 1. The van der Waals surface area contributed by atoms with Crippen molar-refractivity contribution in [1.82, 2.24) is 29.9 Å². The summed E-state index contributed by atoms with van der Waals surface area (Å²) in [7, 11) is 0. The number of likely N-dealkylation sites (tertiary alicyclic amines) is 1. The minimum Gasteiger partial charge on any atom is -0.325 e. The van der Waals surface area contributed by atoms with E-state index < -0.39 is 0 Å². The monoisotopic (exact) mass is 333 g/mol. The molecule has 1 saturated heterocycles. The topological polar surface area (TPSA) is 85.8 Å². The molecule has 0 saturated carbocycles. The van der Waals surface area contributed by atoms with Gasteiger partial charge in [0.1, 0.15) is 0 Å². The molecule has 3 heterocycles. The predicted octanol–water partition coefficient (Wildman–Crippen LogP) is 1.48. The molecule has 0 amide bonds.